The molecule has 0 fully saturated rings. The maximum atomic E-state index is 12.9. The van der Waals surface area contributed by atoms with Crippen molar-refractivity contribution >= 4 is 28.4 Å². The Hall–Kier alpha value is -0.670. The molecule has 70 valence electrons. The van der Waals surface area contributed by atoms with Gasteiger partial charge in [-0.3, -0.25) is 4.79 Å². The molecule has 0 heterocycles. The number of hydrogen-bond donors (Lipinski definition) is 0. The fourth-order valence-corrected chi connectivity index (χ4v) is 1.01. The molecule has 0 spiro atoms. The first-order chi connectivity index (χ1) is 5.94. The summed E-state index contributed by atoms with van der Waals surface area (Å²) in [4.78, 5) is 10.3. The van der Waals surface area contributed by atoms with E-state index in [9.17, 15) is 13.6 Å². The Kier molecular flexibility index (Phi) is 2.88. The molecule has 0 aliphatic rings. The van der Waals surface area contributed by atoms with Crippen LogP contribution in [0.5, 0.6) is 0 Å². The summed E-state index contributed by atoms with van der Waals surface area (Å²) >= 11 is 10.2. The van der Waals surface area contributed by atoms with Gasteiger partial charge in [-0.15, -0.1) is 0 Å². The van der Waals surface area contributed by atoms with Gasteiger partial charge in [-0.2, -0.15) is 8.78 Å². The van der Waals surface area contributed by atoms with Gasteiger partial charge in [-0.05, 0) is 23.7 Å². The maximum Gasteiger partial charge on any atom is 0.345 e. The number of carbonyl (C=O) groups is 1. The Morgan fingerprint density at radius 3 is 2.08 bits per heavy atom. The third-order valence-electron chi connectivity index (χ3n) is 1.45. The van der Waals surface area contributed by atoms with Crippen molar-refractivity contribution in [1.82, 2.24) is 0 Å². The van der Waals surface area contributed by atoms with Crippen molar-refractivity contribution in [2.45, 2.75) is 5.92 Å². The second-order valence-corrected chi connectivity index (χ2v) is 3.13. The van der Waals surface area contributed by atoms with E-state index in [0.29, 0.717) is 5.02 Å². The maximum absolute atomic E-state index is 12.9. The van der Waals surface area contributed by atoms with E-state index in [0.717, 1.165) is 12.1 Å². The zero-order valence-electron chi connectivity index (χ0n) is 6.23. The average molecular weight is 225 g/mol. The van der Waals surface area contributed by atoms with Gasteiger partial charge in [0.15, 0.2) is 0 Å². The summed E-state index contributed by atoms with van der Waals surface area (Å²) in [6, 6.07) is 4.65. The Morgan fingerprint density at radius 2 is 1.69 bits per heavy atom. The first kappa shape index (κ1) is 10.4. The Balaban J connectivity index is 3.08. The molecule has 0 atom stereocenters. The second kappa shape index (κ2) is 3.60. The van der Waals surface area contributed by atoms with E-state index in [1.54, 1.807) is 0 Å². The largest absolute Gasteiger partial charge is 0.345 e. The molecule has 0 radical (unpaired) electrons. The van der Waals surface area contributed by atoms with Crippen LogP contribution in [0.15, 0.2) is 24.3 Å². The third kappa shape index (κ3) is 2.17. The van der Waals surface area contributed by atoms with E-state index in [-0.39, 0.29) is 0 Å². The van der Waals surface area contributed by atoms with Crippen LogP contribution in [0.4, 0.5) is 8.78 Å². The van der Waals surface area contributed by atoms with Gasteiger partial charge in [0.25, 0.3) is 5.24 Å². The lowest BCUT2D eigenvalue weighted by Crippen LogP contribution is -2.20. The van der Waals surface area contributed by atoms with Gasteiger partial charge < -0.3 is 0 Å². The highest BCUT2D eigenvalue weighted by Crippen LogP contribution is 2.30. The van der Waals surface area contributed by atoms with Crippen LogP contribution in [-0.4, -0.2) is 5.24 Å². The molecule has 0 N–H and O–H groups in total. The summed E-state index contributed by atoms with van der Waals surface area (Å²) in [6.07, 6.45) is 0. The summed E-state index contributed by atoms with van der Waals surface area (Å²) in [7, 11) is 0. The fraction of sp³-hybridized carbons (Fsp3) is 0.125. The van der Waals surface area contributed by atoms with Crippen LogP contribution in [0, 0.1) is 0 Å². The minimum Gasteiger partial charge on any atom is -0.274 e. The minimum atomic E-state index is -3.65. The van der Waals surface area contributed by atoms with Crippen LogP contribution in [0.1, 0.15) is 5.56 Å². The lowest BCUT2D eigenvalue weighted by atomic mass is 10.1. The van der Waals surface area contributed by atoms with Crippen molar-refractivity contribution in [3.8, 4) is 0 Å². The van der Waals surface area contributed by atoms with Gasteiger partial charge in [-0.1, -0.05) is 23.7 Å². The quantitative estimate of drug-likeness (QED) is 0.706. The zero-order valence-corrected chi connectivity index (χ0v) is 7.74. The summed E-state index contributed by atoms with van der Waals surface area (Å²) < 4.78 is 25.8. The second-order valence-electron chi connectivity index (χ2n) is 2.35. The molecular formula is C8H4Cl2F2O. The van der Waals surface area contributed by atoms with Gasteiger partial charge in [-0.25, -0.2) is 0 Å². The molecule has 13 heavy (non-hydrogen) atoms. The van der Waals surface area contributed by atoms with E-state index in [1.807, 2.05) is 0 Å². The predicted octanol–water partition coefficient (Wildman–Crippen LogP) is 3.20. The minimum absolute atomic E-state index is 0.321. The Labute approximate surface area is 83.3 Å². The highest BCUT2D eigenvalue weighted by Gasteiger charge is 2.39. The first-order valence-electron chi connectivity index (χ1n) is 3.28. The van der Waals surface area contributed by atoms with Gasteiger partial charge in [0.1, 0.15) is 0 Å². The number of carbonyl (C=O) groups excluding carboxylic acids is 1. The molecule has 1 nitrogen and oxygen atoms in total. The number of alkyl halides is 2. The van der Waals surface area contributed by atoms with Gasteiger partial charge in [0.05, 0.1) is 0 Å². The van der Waals surface area contributed by atoms with Crippen molar-refractivity contribution in [3.63, 3.8) is 0 Å². The van der Waals surface area contributed by atoms with Crippen LogP contribution in [0.25, 0.3) is 0 Å². The van der Waals surface area contributed by atoms with Crippen molar-refractivity contribution in [1.29, 1.82) is 0 Å². The molecule has 1 aromatic carbocycles. The van der Waals surface area contributed by atoms with Gasteiger partial charge in [0, 0.05) is 10.6 Å². The molecule has 0 aliphatic carbocycles. The molecule has 1 rings (SSSR count). The normalized spacial score (nSPS) is 11.4. The molecule has 0 amide bonds. The molecule has 0 saturated heterocycles. The van der Waals surface area contributed by atoms with Gasteiger partial charge >= 0.3 is 5.92 Å². The van der Waals surface area contributed by atoms with Crippen LogP contribution < -0.4 is 0 Å². The number of rotatable bonds is 2. The zero-order chi connectivity index (χ0) is 10.1. The highest BCUT2D eigenvalue weighted by molar-refractivity contribution is 6.65. The molecule has 0 aliphatic heterocycles. The first-order valence-corrected chi connectivity index (χ1v) is 4.04. The summed E-state index contributed by atoms with van der Waals surface area (Å²) in [5, 5.41) is -1.38. The van der Waals surface area contributed by atoms with Crippen molar-refractivity contribution < 1.29 is 13.6 Å². The molecular weight excluding hydrogens is 221 g/mol. The lowest BCUT2D eigenvalue weighted by Gasteiger charge is -2.10. The molecule has 0 unspecified atom stereocenters. The highest BCUT2D eigenvalue weighted by atomic mass is 35.5. The SMILES string of the molecule is O=C(Cl)C(F)(F)c1ccc(Cl)cc1. The Morgan fingerprint density at radius 1 is 1.23 bits per heavy atom. The molecule has 0 aromatic heterocycles. The van der Waals surface area contributed by atoms with Crippen LogP contribution >= 0.6 is 23.2 Å². The third-order valence-corrected chi connectivity index (χ3v) is 1.94. The molecule has 0 bridgehead atoms. The monoisotopic (exact) mass is 224 g/mol. The summed E-state index contributed by atoms with van der Waals surface area (Å²) in [5.74, 6) is -3.65. The van der Waals surface area contributed by atoms with Crippen molar-refractivity contribution in [3.05, 3.63) is 34.9 Å². The Bertz CT molecular complexity index is 321. The number of benzene rings is 1. The van der Waals surface area contributed by atoms with Crippen LogP contribution in [0.2, 0.25) is 5.02 Å². The topological polar surface area (TPSA) is 17.1 Å². The predicted molar refractivity (Wildman–Crippen MR) is 46.2 cm³/mol. The standard InChI is InChI=1S/C8H4Cl2F2O/c9-6-3-1-5(2-4-6)8(11,12)7(10)13/h1-4H. The molecule has 1 aromatic rings. The van der Waals surface area contributed by atoms with Crippen molar-refractivity contribution in [2.75, 3.05) is 0 Å². The average Bonchev–Trinajstić information content (AvgIpc) is 2.04. The summed E-state index contributed by atoms with van der Waals surface area (Å²) in [6.45, 7) is 0. The molecule has 5 heteroatoms. The van der Waals surface area contributed by atoms with E-state index in [4.69, 9.17) is 23.2 Å². The van der Waals surface area contributed by atoms with E-state index < -0.39 is 16.7 Å². The van der Waals surface area contributed by atoms with E-state index in [2.05, 4.69) is 0 Å². The van der Waals surface area contributed by atoms with E-state index in [1.165, 1.54) is 12.1 Å². The van der Waals surface area contributed by atoms with Crippen LogP contribution in [-0.2, 0) is 10.7 Å². The molecule has 0 saturated carbocycles. The fourth-order valence-electron chi connectivity index (χ4n) is 0.773. The number of hydrogen-bond acceptors (Lipinski definition) is 1. The van der Waals surface area contributed by atoms with Gasteiger partial charge in [0.2, 0.25) is 0 Å². The lowest BCUT2D eigenvalue weighted by molar-refractivity contribution is -0.135. The van der Waals surface area contributed by atoms with E-state index >= 15 is 0 Å². The number of halogens is 4. The smallest absolute Gasteiger partial charge is 0.274 e. The summed E-state index contributed by atoms with van der Waals surface area (Å²) in [5.41, 5.74) is -0.461. The van der Waals surface area contributed by atoms with Crippen LogP contribution in [0.3, 0.4) is 0 Å². The van der Waals surface area contributed by atoms with Crippen molar-refractivity contribution in [2.24, 2.45) is 0 Å².